The number of amides is 2. The first kappa shape index (κ1) is 16.7. The predicted octanol–water partition coefficient (Wildman–Crippen LogP) is 0.472. The molecule has 3 fully saturated rings. The third-order valence-electron chi connectivity index (χ3n) is 5.40. The van der Waals surface area contributed by atoms with Crippen molar-refractivity contribution in [3.05, 3.63) is 0 Å². The Morgan fingerprint density at radius 1 is 1.26 bits per heavy atom. The molecule has 1 N–H and O–H groups in total. The van der Waals surface area contributed by atoms with Crippen molar-refractivity contribution in [3.63, 3.8) is 0 Å². The Bertz CT molecular complexity index is 431. The topological polar surface area (TPSA) is 61.9 Å². The van der Waals surface area contributed by atoms with Gasteiger partial charge in [-0.1, -0.05) is 0 Å². The molecule has 1 aliphatic carbocycles. The SMILES string of the molecule is COCCN1CCC(CNC(=O)[C@@H]2CC(=O)N(C3CC3)C2)CC1. The molecule has 0 aromatic heterocycles. The molecule has 2 aliphatic heterocycles. The van der Waals surface area contributed by atoms with Gasteiger partial charge in [-0.3, -0.25) is 9.59 Å². The molecule has 2 heterocycles. The summed E-state index contributed by atoms with van der Waals surface area (Å²) in [6.07, 6.45) is 4.88. The van der Waals surface area contributed by atoms with E-state index in [0.29, 0.717) is 24.9 Å². The van der Waals surface area contributed by atoms with Crippen LogP contribution in [0.3, 0.4) is 0 Å². The number of nitrogens with one attached hydrogen (secondary N) is 1. The molecule has 130 valence electrons. The van der Waals surface area contributed by atoms with Gasteiger partial charge >= 0.3 is 0 Å². The van der Waals surface area contributed by atoms with Gasteiger partial charge in [0.15, 0.2) is 0 Å². The van der Waals surface area contributed by atoms with Crippen molar-refractivity contribution in [1.29, 1.82) is 0 Å². The Hall–Kier alpha value is -1.14. The maximum Gasteiger partial charge on any atom is 0.225 e. The van der Waals surface area contributed by atoms with Crippen LogP contribution in [0, 0.1) is 11.8 Å². The smallest absolute Gasteiger partial charge is 0.225 e. The van der Waals surface area contributed by atoms with E-state index in [1.165, 1.54) is 0 Å². The first-order valence-corrected chi connectivity index (χ1v) is 8.96. The second-order valence-corrected chi connectivity index (χ2v) is 7.20. The van der Waals surface area contributed by atoms with Crippen molar-refractivity contribution in [2.45, 2.75) is 38.1 Å². The number of methoxy groups -OCH3 is 1. The van der Waals surface area contributed by atoms with Crippen LogP contribution < -0.4 is 5.32 Å². The second-order valence-electron chi connectivity index (χ2n) is 7.20. The first-order valence-electron chi connectivity index (χ1n) is 8.96. The summed E-state index contributed by atoms with van der Waals surface area (Å²) in [5.74, 6) is 0.668. The van der Waals surface area contributed by atoms with Crippen molar-refractivity contribution in [2.24, 2.45) is 11.8 Å². The van der Waals surface area contributed by atoms with Gasteiger partial charge in [0.2, 0.25) is 11.8 Å². The molecule has 3 rings (SSSR count). The van der Waals surface area contributed by atoms with Crippen LogP contribution in [-0.4, -0.2) is 74.1 Å². The maximum atomic E-state index is 12.3. The van der Waals surface area contributed by atoms with Crippen LogP contribution >= 0.6 is 0 Å². The minimum atomic E-state index is -0.134. The summed E-state index contributed by atoms with van der Waals surface area (Å²) >= 11 is 0. The third kappa shape index (κ3) is 4.44. The lowest BCUT2D eigenvalue weighted by atomic mass is 9.96. The summed E-state index contributed by atoms with van der Waals surface area (Å²) in [5.41, 5.74) is 0. The molecule has 2 amide bonds. The summed E-state index contributed by atoms with van der Waals surface area (Å²) in [5, 5.41) is 3.09. The number of carbonyl (C=O) groups is 2. The lowest BCUT2D eigenvalue weighted by molar-refractivity contribution is -0.129. The fourth-order valence-corrected chi connectivity index (χ4v) is 3.67. The number of carbonyl (C=O) groups excluding carboxylic acids is 2. The molecule has 6 heteroatoms. The van der Waals surface area contributed by atoms with Crippen molar-refractivity contribution >= 4 is 11.8 Å². The van der Waals surface area contributed by atoms with Crippen LogP contribution in [0.15, 0.2) is 0 Å². The van der Waals surface area contributed by atoms with E-state index in [4.69, 9.17) is 4.74 Å². The lowest BCUT2D eigenvalue weighted by Gasteiger charge is -2.31. The molecule has 1 atom stereocenters. The molecule has 1 saturated carbocycles. The average Bonchev–Trinajstić information content (AvgIpc) is 3.33. The number of nitrogens with zero attached hydrogens (tertiary/aromatic N) is 2. The summed E-state index contributed by atoms with van der Waals surface area (Å²) in [7, 11) is 1.74. The Balaban J connectivity index is 1.34. The van der Waals surface area contributed by atoms with Crippen LogP contribution in [0.1, 0.15) is 32.1 Å². The van der Waals surface area contributed by atoms with Crippen LogP contribution in [0.25, 0.3) is 0 Å². The Kier molecular flexibility index (Phi) is 5.54. The molecule has 0 aromatic carbocycles. The number of piperidine rings is 1. The summed E-state index contributed by atoms with van der Waals surface area (Å²) in [4.78, 5) is 28.6. The molecule has 0 unspecified atom stereocenters. The summed E-state index contributed by atoms with van der Waals surface area (Å²) in [6, 6.07) is 0.428. The van der Waals surface area contributed by atoms with Crippen LogP contribution in [-0.2, 0) is 14.3 Å². The zero-order valence-corrected chi connectivity index (χ0v) is 14.1. The Morgan fingerprint density at radius 2 is 2.00 bits per heavy atom. The van der Waals surface area contributed by atoms with Gasteiger partial charge in [0, 0.05) is 39.2 Å². The quantitative estimate of drug-likeness (QED) is 0.740. The van der Waals surface area contributed by atoms with Gasteiger partial charge in [-0.25, -0.2) is 0 Å². The fraction of sp³-hybridized carbons (Fsp3) is 0.882. The van der Waals surface area contributed by atoms with Gasteiger partial charge < -0.3 is 19.9 Å². The third-order valence-corrected chi connectivity index (χ3v) is 5.40. The van der Waals surface area contributed by atoms with E-state index in [0.717, 1.165) is 58.5 Å². The molecule has 0 bridgehead atoms. The van der Waals surface area contributed by atoms with E-state index in [9.17, 15) is 9.59 Å². The standard InChI is InChI=1S/C17H29N3O3/c1-23-9-8-19-6-4-13(5-7-19)11-18-17(22)14-10-16(21)20(12-14)15-2-3-15/h13-15H,2-12H2,1H3,(H,18,22)/t14-/m1/s1. The van der Waals surface area contributed by atoms with Crippen LogP contribution in [0.5, 0.6) is 0 Å². The number of hydrogen-bond acceptors (Lipinski definition) is 4. The first-order chi connectivity index (χ1) is 11.2. The number of likely N-dealkylation sites (tertiary alicyclic amines) is 2. The average molecular weight is 323 g/mol. The molecule has 0 spiro atoms. The predicted molar refractivity (Wildman–Crippen MR) is 86.9 cm³/mol. The van der Waals surface area contributed by atoms with E-state index in [2.05, 4.69) is 10.2 Å². The van der Waals surface area contributed by atoms with Gasteiger partial charge in [0.25, 0.3) is 0 Å². The monoisotopic (exact) mass is 323 g/mol. The van der Waals surface area contributed by atoms with Crippen LogP contribution in [0.4, 0.5) is 0 Å². The Morgan fingerprint density at radius 3 is 2.65 bits per heavy atom. The van der Waals surface area contributed by atoms with E-state index < -0.39 is 0 Å². The normalized spacial score (nSPS) is 26.7. The number of rotatable bonds is 7. The molecule has 6 nitrogen and oxygen atoms in total. The zero-order chi connectivity index (χ0) is 16.2. The van der Waals surface area contributed by atoms with Gasteiger partial charge in [0.05, 0.1) is 12.5 Å². The summed E-state index contributed by atoms with van der Waals surface area (Å²) in [6.45, 7) is 5.34. The van der Waals surface area contributed by atoms with Crippen LogP contribution in [0.2, 0.25) is 0 Å². The molecule has 2 saturated heterocycles. The van der Waals surface area contributed by atoms with E-state index in [1.54, 1.807) is 7.11 Å². The lowest BCUT2D eigenvalue weighted by Crippen LogP contribution is -2.41. The zero-order valence-electron chi connectivity index (χ0n) is 14.1. The van der Waals surface area contributed by atoms with Gasteiger partial charge in [-0.15, -0.1) is 0 Å². The minimum absolute atomic E-state index is 0.0725. The highest BCUT2D eigenvalue weighted by molar-refractivity contribution is 5.89. The number of hydrogen-bond donors (Lipinski definition) is 1. The van der Waals surface area contributed by atoms with Gasteiger partial charge in [-0.05, 0) is 44.7 Å². The Labute approximate surface area is 138 Å². The molecule has 0 radical (unpaired) electrons. The molecular formula is C17H29N3O3. The van der Waals surface area contributed by atoms with Crippen molar-refractivity contribution < 1.29 is 14.3 Å². The highest BCUT2D eigenvalue weighted by Crippen LogP contribution is 2.32. The second kappa shape index (κ2) is 7.62. The van der Waals surface area contributed by atoms with E-state index in [1.807, 2.05) is 4.90 Å². The highest BCUT2D eigenvalue weighted by Gasteiger charge is 2.41. The fourth-order valence-electron chi connectivity index (χ4n) is 3.67. The minimum Gasteiger partial charge on any atom is -0.383 e. The highest BCUT2D eigenvalue weighted by atomic mass is 16.5. The maximum absolute atomic E-state index is 12.3. The van der Waals surface area contributed by atoms with Gasteiger partial charge in [-0.2, -0.15) is 0 Å². The molecule has 23 heavy (non-hydrogen) atoms. The van der Waals surface area contributed by atoms with Gasteiger partial charge in [0.1, 0.15) is 0 Å². The molecule has 0 aromatic rings. The largest absolute Gasteiger partial charge is 0.383 e. The van der Waals surface area contributed by atoms with Crippen molar-refractivity contribution in [3.8, 4) is 0 Å². The van der Waals surface area contributed by atoms with Crippen molar-refractivity contribution in [2.75, 3.05) is 46.4 Å². The van der Waals surface area contributed by atoms with Crippen molar-refractivity contribution in [1.82, 2.24) is 15.1 Å². The number of ether oxygens (including phenoxy) is 1. The molecular weight excluding hydrogens is 294 g/mol. The van der Waals surface area contributed by atoms with E-state index >= 15 is 0 Å². The molecule has 3 aliphatic rings. The summed E-state index contributed by atoms with van der Waals surface area (Å²) < 4.78 is 5.12. The van der Waals surface area contributed by atoms with E-state index in [-0.39, 0.29) is 17.7 Å².